The van der Waals surface area contributed by atoms with E-state index in [0.717, 1.165) is 17.7 Å². The molecule has 9 heteroatoms. The molecule has 0 unspecified atom stereocenters. The van der Waals surface area contributed by atoms with Crippen LogP contribution in [0.15, 0.2) is 59.8 Å². The molecule has 0 aliphatic carbocycles. The van der Waals surface area contributed by atoms with Gasteiger partial charge in [-0.05, 0) is 51.5 Å². The summed E-state index contributed by atoms with van der Waals surface area (Å²) in [5, 5.41) is 7.66. The van der Waals surface area contributed by atoms with Gasteiger partial charge in [0, 0.05) is 41.6 Å². The maximum Gasteiger partial charge on any atom is 0.259 e. The number of aromatic nitrogens is 4. The van der Waals surface area contributed by atoms with Gasteiger partial charge in [-0.1, -0.05) is 17.3 Å². The van der Waals surface area contributed by atoms with E-state index in [1.807, 2.05) is 39.8 Å². The number of rotatable bonds is 6. The third-order valence-electron chi connectivity index (χ3n) is 5.65. The third kappa shape index (κ3) is 4.33. The van der Waals surface area contributed by atoms with Crippen LogP contribution in [0.5, 0.6) is 0 Å². The average Bonchev–Trinajstić information content (AvgIpc) is 3.29. The van der Waals surface area contributed by atoms with Gasteiger partial charge in [0.25, 0.3) is 5.91 Å². The van der Waals surface area contributed by atoms with Gasteiger partial charge in [0.2, 0.25) is 5.43 Å². The van der Waals surface area contributed by atoms with Crippen LogP contribution in [-0.2, 0) is 6.54 Å². The van der Waals surface area contributed by atoms with Gasteiger partial charge < -0.3 is 9.47 Å². The summed E-state index contributed by atoms with van der Waals surface area (Å²) in [5.41, 5.74) is 0.967. The molecule has 7 nitrogen and oxygen atoms in total. The summed E-state index contributed by atoms with van der Waals surface area (Å²) in [6.45, 7) is 7.95. The van der Waals surface area contributed by atoms with E-state index in [-0.39, 0.29) is 28.6 Å². The Labute approximate surface area is 195 Å². The lowest BCUT2D eigenvalue weighted by atomic mass is 10.1. The van der Waals surface area contributed by atoms with Crippen molar-refractivity contribution in [1.82, 2.24) is 24.5 Å². The number of carbonyl (C=O) groups is 1. The number of amides is 1. The van der Waals surface area contributed by atoms with Gasteiger partial charge in [0.1, 0.15) is 5.56 Å². The number of benzene rings is 2. The summed E-state index contributed by atoms with van der Waals surface area (Å²) >= 11 is 0. The van der Waals surface area contributed by atoms with Gasteiger partial charge in [0.05, 0.1) is 18.3 Å². The fourth-order valence-corrected chi connectivity index (χ4v) is 4.16. The summed E-state index contributed by atoms with van der Waals surface area (Å²) in [6, 6.07) is 8.81. The highest BCUT2D eigenvalue weighted by Gasteiger charge is 2.26. The first kappa shape index (κ1) is 23.3. The molecule has 2 aromatic carbocycles. The lowest BCUT2D eigenvalue weighted by molar-refractivity contribution is 0.0642. The zero-order valence-corrected chi connectivity index (χ0v) is 19.4. The van der Waals surface area contributed by atoms with E-state index in [1.165, 1.54) is 6.20 Å². The Balaban J connectivity index is 1.88. The largest absolute Gasteiger partial charge is 0.334 e. The van der Waals surface area contributed by atoms with Gasteiger partial charge in [0.15, 0.2) is 11.6 Å². The molecule has 0 aliphatic rings. The lowest BCUT2D eigenvalue weighted by Gasteiger charge is -2.31. The number of carbonyl (C=O) groups excluding carboxylic acids is 1. The van der Waals surface area contributed by atoms with Crippen molar-refractivity contribution < 1.29 is 13.6 Å². The van der Waals surface area contributed by atoms with Crippen LogP contribution in [-0.4, -0.2) is 42.5 Å². The minimum atomic E-state index is -1.14. The average molecular weight is 466 g/mol. The van der Waals surface area contributed by atoms with Gasteiger partial charge in [-0.25, -0.2) is 13.5 Å². The van der Waals surface area contributed by atoms with Crippen LogP contribution >= 0.6 is 0 Å². The second-order valence-corrected chi connectivity index (χ2v) is 8.69. The highest BCUT2D eigenvalue weighted by Crippen LogP contribution is 2.23. The summed E-state index contributed by atoms with van der Waals surface area (Å²) in [6.07, 6.45) is 4.74. The summed E-state index contributed by atoms with van der Waals surface area (Å²) < 4.78 is 31.5. The summed E-state index contributed by atoms with van der Waals surface area (Å²) in [4.78, 5) is 28.2. The Hall–Kier alpha value is -3.88. The zero-order chi connectivity index (χ0) is 24.6. The number of halogens is 2. The SMILES string of the molecule is CC(C)N(C(=O)c1cn(-c2ccc(Cn3ccnn3)cc2)c2cc(F)c(F)cc2c1=O)C(C)C. The third-order valence-corrected chi connectivity index (χ3v) is 5.65. The quantitative estimate of drug-likeness (QED) is 0.429. The van der Waals surface area contributed by atoms with Crippen molar-refractivity contribution in [3.63, 3.8) is 0 Å². The Morgan fingerprint density at radius 1 is 1.03 bits per heavy atom. The van der Waals surface area contributed by atoms with Crippen molar-refractivity contribution in [2.24, 2.45) is 0 Å². The number of hydrogen-bond acceptors (Lipinski definition) is 4. The molecular weight excluding hydrogens is 440 g/mol. The van der Waals surface area contributed by atoms with Crippen LogP contribution in [0.1, 0.15) is 43.6 Å². The first-order valence-corrected chi connectivity index (χ1v) is 11.0. The fraction of sp³-hybridized carbons (Fsp3) is 0.280. The Bertz CT molecular complexity index is 1390. The van der Waals surface area contributed by atoms with Crippen LogP contribution in [0.2, 0.25) is 0 Å². The molecule has 0 saturated heterocycles. The minimum Gasteiger partial charge on any atom is -0.334 e. The first-order valence-electron chi connectivity index (χ1n) is 11.0. The molecule has 0 N–H and O–H groups in total. The zero-order valence-electron chi connectivity index (χ0n) is 19.4. The lowest BCUT2D eigenvalue weighted by Crippen LogP contribution is -2.44. The number of fused-ring (bicyclic) bond motifs is 1. The van der Waals surface area contributed by atoms with Crippen molar-refractivity contribution in [2.45, 2.75) is 46.3 Å². The Morgan fingerprint density at radius 3 is 2.26 bits per heavy atom. The van der Waals surface area contributed by atoms with Crippen LogP contribution in [0.25, 0.3) is 16.6 Å². The molecule has 0 atom stereocenters. The normalized spacial score (nSPS) is 11.5. The monoisotopic (exact) mass is 465 g/mol. The van der Waals surface area contributed by atoms with Crippen molar-refractivity contribution in [2.75, 3.05) is 0 Å². The van der Waals surface area contributed by atoms with E-state index in [4.69, 9.17) is 0 Å². The highest BCUT2D eigenvalue weighted by molar-refractivity contribution is 5.98. The van der Waals surface area contributed by atoms with Gasteiger partial charge in [-0.3, -0.25) is 9.59 Å². The second-order valence-electron chi connectivity index (χ2n) is 8.69. The standard InChI is InChI=1S/C25H25F2N5O2/c1-15(2)32(16(3)4)25(34)20-14-31(23-12-22(27)21(26)11-19(23)24(20)33)18-7-5-17(6-8-18)13-30-10-9-28-29-30/h5-12,14-16H,13H2,1-4H3. The Morgan fingerprint density at radius 2 is 1.68 bits per heavy atom. The van der Waals surface area contributed by atoms with Crippen molar-refractivity contribution in [3.8, 4) is 5.69 Å². The maximum atomic E-state index is 14.2. The van der Waals surface area contributed by atoms with E-state index in [9.17, 15) is 18.4 Å². The van der Waals surface area contributed by atoms with E-state index in [0.29, 0.717) is 12.2 Å². The minimum absolute atomic E-state index is 0.0658. The molecule has 34 heavy (non-hydrogen) atoms. The molecule has 1 amide bonds. The van der Waals surface area contributed by atoms with Crippen LogP contribution in [0.3, 0.4) is 0 Å². The number of hydrogen-bond donors (Lipinski definition) is 0. The number of nitrogens with zero attached hydrogens (tertiary/aromatic N) is 5. The summed E-state index contributed by atoms with van der Waals surface area (Å²) in [7, 11) is 0. The molecular formula is C25H25F2N5O2. The molecule has 0 fully saturated rings. The van der Waals surface area contributed by atoms with Crippen molar-refractivity contribution in [3.05, 3.63) is 88.0 Å². The molecule has 4 rings (SSSR count). The predicted octanol–water partition coefficient (Wildman–Crippen LogP) is 4.17. The molecule has 0 aliphatic heterocycles. The van der Waals surface area contributed by atoms with Crippen LogP contribution in [0, 0.1) is 11.6 Å². The number of pyridine rings is 1. The molecule has 0 bridgehead atoms. The molecule has 176 valence electrons. The molecule has 2 heterocycles. The topological polar surface area (TPSA) is 73.0 Å². The van der Waals surface area contributed by atoms with E-state index in [1.54, 1.807) is 38.7 Å². The van der Waals surface area contributed by atoms with Crippen molar-refractivity contribution in [1.29, 1.82) is 0 Å². The van der Waals surface area contributed by atoms with Gasteiger partial charge in [-0.2, -0.15) is 0 Å². The molecule has 0 radical (unpaired) electrons. The maximum absolute atomic E-state index is 14.2. The second kappa shape index (κ2) is 9.17. The van der Waals surface area contributed by atoms with Crippen LogP contribution < -0.4 is 5.43 Å². The van der Waals surface area contributed by atoms with Gasteiger partial charge >= 0.3 is 0 Å². The fourth-order valence-electron chi connectivity index (χ4n) is 4.16. The molecule has 0 saturated carbocycles. The highest BCUT2D eigenvalue weighted by atomic mass is 19.2. The smallest absolute Gasteiger partial charge is 0.259 e. The van der Waals surface area contributed by atoms with E-state index in [2.05, 4.69) is 10.3 Å². The van der Waals surface area contributed by atoms with E-state index >= 15 is 0 Å². The summed E-state index contributed by atoms with van der Waals surface area (Å²) in [5.74, 6) is -2.68. The van der Waals surface area contributed by atoms with Crippen molar-refractivity contribution >= 4 is 16.8 Å². The van der Waals surface area contributed by atoms with Gasteiger partial charge in [-0.15, -0.1) is 5.10 Å². The molecule has 2 aromatic heterocycles. The van der Waals surface area contributed by atoms with E-state index < -0.39 is 23.0 Å². The molecule has 0 spiro atoms. The first-order chi connectivity index (χ1) is 16.2. The Kier molecular flexibility index (Phi) is 6.28. The van der Waals surface area contributed by atoms with Crippen LogP contribution in [0.4, 0.5) is 8.78 Å². The molecule has 4 aromatic rings. The predicted molar refractivity (Wildman–Crippen MR) is 125 cm³/mol.